The molecule has 0 atom stereocenters. The van der Waals surface area contributed by atoms with Gasteiger partial charge in [-0.25, -0.2) is 4.98 Å². The smallest absolute Gasteiger partial charge is 0.145 e. The number of aromatic nitrogens is 2. The lowest BCUT2D eigenvalue weighted by molar-refractivity contribution is 0.0543. The van der Waals surface area contributed by atoms with Gasteiger partial charge in [0.2, 0.25) is 0 Å². The minimum absolute atomic E-state index is 0.0509. The molecule has 0 bridgehead atoms. The Balaban J connectivity index is 1.60. The van der Waals surface area contributed by atoms with Crippen LogP contribution in [-0.4, -0.2) is 29.7 Å². The fraction of sp³-hybridized carbons (Fsp3) is 0.300. The van der Waals surface area contributed by atoms with Gasteiger partial charge in [-0.1, -0.05) is 40.2 Å². The van der Waals surface area contributed by atoms with E-state index in [9.17, 15) is 0 Å². The molecule has 2 heterocycles. The van der Waals surface area contributed by atoms with Gasteiger partial charge in [0.15, 0.2) is 0 Å². The molecule has 1 saturated heterocycles. The topological polar surface area (TPSA) is 47.0 Å². The summed E-state index contributed by atoms with van der Waals surface area (Å²) in [6, 6.07) is 16.5. The summed E-state index contributed by atoms with van der Waals surface area (Å²) in [6.07, 6.45) is 3.81. The van der Waals surface area contributed by atoms with Gasteiger partial charge >= 0.3 is 0 Å². The molecular weight excluding hydrogens is 378 g/mol. The number of para-hydroxylation sites is 2. The second-order valence-corrected chi connectivity index (χ2v) is 7.42. The lowest BCUT2D eigenvalue weighted by atomic mass is 9.74. The van der Waals surface area contributed by atoms with Gasteiger partial charge in [-0.2, -0.15) is 0 Å². The largest absolute Gasteiger partial charge is 0.381 e. The lowest BCUT2D eigenvalue weighted by Crippen LogP contribution is -2.40. The molecule has 1 aromatic heterocycles. The SMILES string of the molecule is Brc1cccc(C2(CNc3cnc4ccccc4n3)CCOCC2)c1. The normalized spacial score (nSPS) is 16.7. The highest BCUT2D eigenvalue weighted by molar-refractivity contribution is 9.10. The number of fused-ring (bicyclic) bond motifs is 1. The van der Waals surface area contributed by atoms with E-state index in [1.807, 2.05) is 30.5 Å². The van der Waals surface area contributed by atoms with Crippen LogP contribution >= 0.6 is 15.9 Å². The number of nitrogens with one attached hydrogen (secondary N) is 1. The van der Waals surface area contributed by atoms with Crippen molar-refractivity contribution >= 4 is 32.8 Å². The summed E-state index contributed by atoms with van der Waals surface area (Å²) in [4.78, 5) is 9.19. The van der Waals surface area contributed by atoms with Gasteiger partial charge in [0.05, 0.1) is 17.2 Å². The van der Waals surface area contributed by atoms with E-state index in [1.54, 1.807) is 0 Å². The first kappa shape index (κ1) is 16.5. The van der Waals surface area contributed by atoms with Crippen LogP contribution in [0.5, 0.6) is 0 Å². The van der Waals surface area contributed by atoms with E-state index in [2.05, 4.69) is 55.5 Å². The Hall–Kier alpha value is -1.98. The van der Waals surface area contributed by atoms with E-state index < -0.39 is 0 Å². The fourth-order valence-electron chi connectivity index (χ4n) is 3.45. The predicted octanol–water partition coefficient (Wildman–Crippen LogP) is 4.55. The predicted molar refractivity (Wildman–Crippen MR) is 104 cm³/mol. The Kier molecular flexibility index (Phi) is 4.68. The zero-order valence-corrected chi connectivity index (χ0v) is 15.5. The zero-order chi connectivity index (χ0) is 17.1. The lowest BCUT2D eigenvalue weighted by Gasteiger charge is -2.38. The maximum Gasteiger partial charge on any atom is 0.145 e. The summed E-state index contributed by atoms with van der Waals surface area (Å²) >= 11 is 3.60. The van der Waals surface area contributed by atoms with Crippen molar-refractivity contribution in [2.45, 2.75) is 18.3 Å². The number of nitrogens with zero attached hydrogens (tertiary/aromatic N) is 2. The zero-order valence-electron chi connectivity index (χ0n) is 13.9. The molecular formula is C20H20BrN3O. The third kappa shape index (κ3) is 3.53. The molecule has 4 rings (SSSR count). The molecule has 25 heavy (non-hydrogen) atoms. The first-order chi connectivity index (χ1) is 12.3. The molecule has 0 saturated carbocycles. The van der Waals surface area contributed by atoms with Crippen molar-refractivity contribution in [3.63, 3.8) is 0 Å². The Bertz CT molecular complexity index is 877. The maximum absolute atomic E-state index is 5.62. The van der Waals surface area contributed by atoms with Crippen LogP contribution in [0.1, 0.15) is 18.4 Å². The molecule has 1 fully saturated rings. The average Bonchev–Trinajstić information content (AvgIpc) is 2.67. The van der Waals surface area contributed by atoms with Crippen LogP contribution < -0.4 is 5.32 Å². The minimum atomic E-state index is 0.0509. The molecule has 1 N–H and O–H groups in total. The van der Waals surface area contributed by atoms with Crippen LogP contribution in [-0.2, 0) is 10.2 Å². The number of anilines is 1. The van der Waals surface area contributed by atoms with Crippen LogP contribution in [0.3, 0.4) is 0 Å². The molecule has 0 radical (unpaired) electrons. The first-order valence-corrected chi connectivity index (χ1v) is 9.34. The van der Waals surface area contributed by atoms with Crippen molar-refractivity contribution in [3.8, 4) is 0 Å². The minimum Gasteiger partial charge on any atom is -0.381 e. The fourth-order valence-corrected chi connectivity index (χ4v) is 3.85. The van der Waals surface area contributed by atoms with Gasteiger partial charge < -0.3 is 10.1 Å². The Morgan fingerprint density at radius 2 is 1.84 bits per heavy atom. The Labute approximate surface area is 155 Å². The first-order valence-electron chi connectivity index (χ1n) is 8.55. The molecule has 1 aliphatic rings. The summed E-state index contributed by atoms with van der Waals surface area (Å²) < 4.78 is 6.73. The van der Waals surface area contributed by atoms with Gasteiger partial charge in [-0.15, -0.1) is 0 Å². The summed E-state index contributed by atoms with van der Waals surface area (Å²) in [5, 5.41) is 3.52. The summed E-state index contributed by atoms with van der Waals surface area (Å²) in [5.41, 5.74) is 3.22. The van der Waals surface area contributed by atoms with Gasteiger partial charge in [0.1, 0.15) is 5.82 Å². The summed E-state index contributed by atoms with van der Waals surface area (Å²) in [7, 11) is 0. The molecule has 0 spiro atoms. The van der Waals surface area contributed by atoms with E-state index in [0.29, 0.717) is 0 Å². The van der Waals surface area contributed by atoms with Crippen molar-refractivity contribution < 1.29 is 4.74 Å². The van der Waals surface area contributed by atoms with Crippen LogP contribution in [0.2, 0.25) is 0 Å². The van der Waals surface area contributed by atoms with Gasteiger partial charge in [0.25, 0.3) is 0 Å². The third-order valence-electron chi connectivity index (χ3n) is 4.94. The monoisotopic (exact) mass is 397 g/mol. The molecule has 128 valence electrons. The van der Waals surface area contributed by atoms with Crippen molar-refractivity contribution in [2.75, 3.05) is 25.1 Å². The maximum atomic E-state index is 5.62. The second-order valence-electron chi connectivity index (χ2n) is 6.50. The molecule has 0 aliphatic carbocycles. The number of halogens is 1. The summed E-state index contributed by atoms with van der Waals surface area (Å²) in [6.45, 7) is 2.40. The molecule has 5 heteroatoms. The highest BCUT2D eigenvalue weighted by Gasteiger charge is 2.34. The highest BCUT2D eigenvalue weighted by atomic mass is 79.9. The number of hydrogen-bond acceptors (Lipinski definition) is 4. The van der Waals surface area contributed by atoms with E-state index in [-0.39, 0.29) is 5.41 Å². The van der Waals surface area contributed by atoms with Crippen molar-refractivity contribution in [3.05, 3.63) is 64.8 Å². The van der Waals surface area contributed by atoms with Crippen LogP contribution in [0, 0.1) is 0 Å². The van der Waals surface area contributed by atoms with E-state index in [1.165, 1.54) is 5.56 Å². The average molecular weight is 398 g/mol. The number of rotatable bonds is 4. The Morgan fingerprint density at radius 1 is 1.04 bits per heavy atom. The third-order valence-corrected chi connectivity index (χ3v) is 5.44. The van der Waals surface area contributed by atoms with Crippen molar-refractivity contribution in [2.24, 2.45) is 0 Å². The molecule has 1 aliphatic heterocycles. The quantitative estimate of drug-likeness (QED) is 0.701. The molecule has 0 amide bonds. The van der Waals surface area contributed by atoms with Crippen LogP contribution in [0.25, 0.3) is 11.0 Å². The van der Waals surface area contributed by atoms with E-state index in [4.69, 9.17) is 4.74 Å². The molecule has 0 unspecified atom stereocenters. The second kappa shape index (κ2) is 7.10. The Morgan fingerprint density at radius 3 is 2.64 bits per heavy atom. The van der Waals surface area contributed by atoms with Crippen molar-refractivity contribution in [1.82, 2.24) is 9.97 Å². The van der Waals surface area contributed by atoms with Crippen LogP contribution in [0.15, 0.2) is 59.2 Å². The summed E-state index contributed by atoms with van der Waals surface area (Å²) in [5.74, 6) is 0.819. The molecule has 2 aromatic carbocycles. The number of benzene rings is 2. The molecule has 4 nitrogen and oxygen atoms in total. The highest BCUT2D eigenvalue weighted by Crippen LogP contribution is 2.36. The van der Waals surface area contributed by atoms with Crippen molar-refractivity contribution in [1.29, 1.82) is 0 Å². The van der Waals surface area contributed by atoms with Gasteiger partial charge in [0, 0.05) is 29.6 Å². The molecule has 3 aromatic rings. The van der Waals surface area contributed by atoms with Crippen LogP contribution in [0.4, 0.5) is 5.82 Å². The number of ether oxygens (including phenoxy) is 1. The van der Waals surface area contributed by atoms with E-state index in [0.717, 1.165) is 53.9 Å². The standard InChI is InChI=1S/C20H20BrN3O/c21-16-5-3-4-15(12-16)20(8-10-25-11-9-20)14-23-19-13-22-17-6-1-2-7-18(17)24-19/h1-7,12-13H,8-11,14H2,(H,23,24). The van der Waals surface area contributed by atoms with Gasteiger partial charge in [-0.3, -0.25) is 4.98 Å². The van der Waals surface area contributed by atoms with E-state index >= 15 is 0 Å². The number of hydrogen-bond donors (Lipinski definition) is 1. The van der Waals surface area contributed by atoms with Gasteiger partial charge in [-0.05, 0) is 42.7 Å².